The van der Waals surface area contributed by atoms with Gasteiger partial charge in [-0.3, -0.25) is 4.79 Å². The summed E-state index contributed by atoms with van der Waals surface area (Å²) in [4.78, 5) is 16.2. The molecule has 3 nitrogen and oxygen atoms in total. The van der Waals surface area contributed by atoms with Crippen molar-refractivity contribution in [1.82, 2.24) is 9.88 Å². The van der Waals surface area contributed by atoms with E-state index in [1.54, 1.807) is 19.3 Å². The fourth-order valence-corrected chi connectivity index (χ4v) is 2.02. The van der Waals surface area contributed by atoms with E-state index in [9.17, 15) is 13.6 Å². The van der Waals surface area contributed by atoms with Crippen molar-refractivity contribution in [2.75, 3.05) is 7.05 Å². The smallest absolute Gasteiger partial charge is 0.270 e. The lowest BCUT2D eigenvalue weighted by Gasteiger charge is -2.16. The Kier molecular flexibility index (Phi) is 3.99. The van der Waals surface area contributed by atoms with Gasteiger partial charge in [0.1, 0.15) is 17.3 Å². The molecule has 1 aromatic heterocycles. The van der Waals surface area contributed by atoms with Gasteiger partial charge in [0.05, 0.1) is 0 Å². The van der Waals surface area contributed by atoms with Crippen LogP contribution in [0.4, 0.5) is 8.78 Å². The van der Waals surface area contributed by atoms with Crippen LogP contribution in [0.5, 0.6) is 0 Å². The first-order valence-corrected chi connectivity index (χ1v) is 6.30. The Hall–Kier alpha value is -1.69. The third-order valence-corrected chi connectivity index (χ3v) is 3.11. The van der Waals surface area contributed by atoms with Crippen LogP contribution in [0.15, 0.2) is 34.9 Å². The Morgan fingerprint density at radius 1 is 1.37 bits per heavy atom. The van der Waals surface area contributed by atoms with E-state index in [2.05, 4.69) is 20.9 Å². The minimum absolute atomic E-state index is 0.0710. The molecular weight excluding hydrogens is 318 g/mol. The molecule has 2 rings (SSSR count). The van der Waals surface area contributed by atoms with E-state index in [4.69, 9.17) is 0 Å². The molecule has 0 saturated carbocycles. The van der Waals surface area contributed by atoms with E-state index in [0.29, 0.717) is 5.69 Å². The number of H-pyrrole nitrogens is 1. The Morgan fingerprint density at radius 3 is 2.68 bits per heavy atom. The Labute approximate surface area is 117 Å². The number of amides is 1. The van der Waals surface area contributed by atoms with Gasteiger partial charge in [-0.05, 0) is 28.1 Å². The molecule has 0 aliphatic carbocycles. The van der Waals surface area contributed by atoms with Crippen molar-refractivity contribution in [2.45, 2.75) is 6.54 Å². The lowest BCUT2D eigenvalue weighted by Crippen LogP contribution is -2.26. The first-order chi connectivity index (χ1) is 8.97. The maximum Gasteiger partial charge on any atom is 0.270 e. The number of carbonyl (C=O) groups excluding carboxylic acids is 1. The molecule has 100 valence electrons. The van der Waals surface area contributed by atoms with Crippen molar-refractivity contribution in [1.29, 1.82) is 0 Å². The predicted molar refractivity (Wildman–Crippen MR) is 70.6 cm³/mol. The van der Waals surface area contributed by atoms with Crippen molar-refractivity contribution >= 4 is 21.8 Å². The van der Waals surface area contributed by atoms with Gasteiger partial charge in [0, 0.05) is 35.9 Å². The number of aromatic nitrogens is 1. The van der Waals surface area contributed by atoms with Crippen LogP contribution in [0, 0.1) is 11.6 Å². The maximum absolute atomic E-state index is 13.5. The maximum atomic E-state index is 13.5. The topological polar surface area (TPSA) is 36.1 Å². The monoisotopic (exact) mass is 328 g/mol. The minimum Gasteiger partial charge on any atom is -0.356 e. The lowest BCUT2D eigenvalue weighted by molar-refractivity contribution is 0.0778. The largest absolute Gasteiger partial charge is 0.356 e. The molecule has 0 bridgehead atoms. The Balaban J connectivity index is 2.12. The summed E-state index contributed by atoms with van der Waals surface area (Å²) in [6.07, 6.45) is 1.64. The normalized spacial score (nSPS) is 10.5. The van der Waals surface area contributed by atoms with Gasteiger partial charge in [-0.25, -0.2) is 8.78 Å². The zero-order valence-corrected chi connectivity index (χ0v) is 11.7. The summed E-state index contributed by atoms with van der Waals surface area (Å²) in [5, 5.41) is 0. The number of rotatable bonds is 3. The standard InChI is InChI=1S/C13H11BrF2N2O/c1-18(13(19)12-4-9(14)6-17-12)7-8-2-3-10(15)5-11(8)16/h2-6,17H,7H2,1H3. The second-order valence-corrected chi connectivity index (χ2v) is 5.04. The number of nitrogens with zero attached hydrogens (tertiary/aromatic N) is 1. The summed E-state index contributed by atoms with van der Waals surface area (Å²) in [6.45, 7) is 0.0710. The molecule has 6 heteroatoms. The average molecular weight is 329 g/mol. The molecule has 0 fully saturated rings. The fraction of sp³-hybridized carbons (Fsp3) is 0.154. The van der Waals surface area contributed by atoms with Crippen LogP contribution in [-0.2, 0) is 6.54 Å². The van der Waals surface area contributed by atoms with Crippen molar-refractivity contribution in [3.05, 3.63) is 57.8 Å². The SMILES string of the molecule is CN(Cc1ccc(F)cc1F)C(=O)c1cc(Br)c[nH]1. The Bertz CT molecular complexity index is 612. The number of hydrogen-bond acceptors (Lipinski definition) is 1. The van der Waals surface area contributed by atoms with Gasteiger partial charge >= 0.3 is 0 Å². The average Bonchev–Trinajstić information content (AvgIpc) is 2.78. The van der Waals surface area contributed by atoms with Crippen LogP contribution in [0.2, 0.25) is 0 Å². The highest BCUT2D eigenvalue weighted by Crippen LogP contribution is 2.15. The number of carbonyl (C=O) groups is 1. The molecule has 0 saturated heterocycles. The number of aromatic amines is 1. The molecule has 0 radical (unpaired) electrons. The van der Waals surface area contributed by atoms with Gasteiger partial charge in [0.15, 0.2) is 0 Å². The summed E-state index contributed by atoms with van der Waals surface area (Å²) in [5.41, 5.74) is 0.666. The number of nitrogens with one attached hydrogen (secondary N) is 1. The van der Waals surface area contributed by atoms with Gasteiger partial charge in [-0.2, -0.15) is 0 Å². The van der Waals surface area contributed by atoms with Crippen molar-refractivity contribution in [3.8, 4) is 0 Å². The first kappa shape index (κ1) is 13.7. The number of halogens is 3. The zero-order valence-electron chi connectivity index (χ0n) is 10.1. The summed E-state index contributed by atoms with van der Waals surface area (Å²) in [7, 11) is 1.56. The molecule has 1 N–H and O–H groups in total. The van der Waals surface area contributed by atoms with Crippen molar-refractivity contribution in [3.63, 3.8) is 0 Å². The van der Waals surface area contributed by atoms with E-state index in [1.807, 2.05) is 0 Å². The van der Waals surface area contributed by atoms with Crippen LogP contribution < -0.4 is 0 Å². The van der Waals surface area contributed by atoms with Crippen LogP contribution in [0.3, 0.4) is 0 Å². The summed E-state index contributed by atoms with van der Waals surface area (Å²) in [6, 6.07) is 4.94. The minimum atomic E-state index is -0.660. The van der Waals surface area contributed by atoms with Crippen molar-refractivity contribution < 1.29 is 13.6 Å². The summed E-state index contributed by atoms with van der Waals surface area (Å²) in [5.74, 6) is -1.56. The van der Waals surface area contributed by atoms with Crippen LogP contribution >= 0.6 is 15.9 Å². The lowest BCUT2D eigenvalue weighted by atomic mass is 10.2. The van der Waals surface area contributed by atoms with E-state index in [1.165, 1.54) is 17.0 Å². The van der Waals surface area contributed by atoms with Gasteiger partial charge < -0.3 is 9.88 Å². The first-order valence-electron chi connectivity index (χ1n) is 5.50. The van der Waals surface area contributed by atoms with Gasteiger partial charge in [0.2, 0.25) is 0 Å². The summed E-state index contributed by atoms with van der Waals surface area (Å²) >= 11 is 3.23. The molecule has 1 heterocycles. The van der Waals surface area contributed by atoms with E-state index < -0.39 is 11.6 Å². The van der Waals surface area contributed by atoms with E-state index >= 15 is 0 Å². The highest BCUT2D eigenvalue weighted by Gasteiger charge is 2.15. The molecule has 2 aromatic rings. The molecule has 0 aliphatic heterocycles. The van der Waals surface area contributed by atoms with E-state index in [0.717, 1.165) is 10.5 Å². The number of hydrogen-bond donors (Lipinski definition) is 1. The molecule has 1 aromatic carbocycles. The quantitative estimate of drug-likeness (QED) is 0.921. The van der Waals surface area contributed by atoms with Gasteiger partial charge in [-0.15, -0.1) is 0 Å². The van der Waals surface area contributed by atoms with Crippen LogP contribution in [-0.4, -0.2) is 22.8 Å². The predicted octanol–water partition coefficient (Wildman–Crippen LogP) is 3.33. The molecule has 19 heavy (non-hydrogen) atoms. The summed E-state index contributed by atoms with van der Waals surface area (Å²) < 4.78 is 27.0. The highest BCUT2D eigenvalue weighted by molar-refractivity contribution is 9.10. The molecule has 0 unspecified atom stereocenters. The number of benzene rings is 1. The second kappa shape index (κ2) is 5.52. The van der Waals surface area contributed by atoms with Gasteiger partial charge in [0.25, 0.3) is 5.91 Å². The third kappa shape index (κ3) is 3.20. The Morgan fingerprint density at radius 2 is 2.11 bits per heavy atom. The second-order valence-electron chi connectivity index (χ2n) is 4.13. The molecule has 0 aliphatic rings. The van der Waals surface area contributed by atoms with Crippen LogP contribution in [0.1, 0.15) is 16.1 Å². The molecule has 0 spiro atoms. The highest BCUT2D eigenvalue weighted by atomic mass is 79.9. The molecule has 1 amide bonds. The molecule has 0 atom stereocenters. The fourth-order valence-electron chi connectivity index (χ4n) is 1.67. The van der Waals surface area contributed by atoms with E-state index in [-0.39, 0.29) is 18.0 Å². The zero-order chi connectivity index (χ0) is 14.0. The van der Waals surface area contributed by atoms with Crippen LogP contribution in [0.25, 0.3) is 0 Å². The van der Waals surface area contributed by atoms with Gasteiger partial charge in [-0.1, -0.05) is 6.07 Å². The third-order valence-electron chi connectivity index (χ3n) is 2.65. The molecular formula is C13H11BrF2N2O. The van der Waals surface area contributed by atoms with Crippen molar-refractivity contribution in [2.24, 2.45) is 0 Å².